The van der Waals surface area contributed by atoms with Crippen molar-refractivity contribution in [2.24, 2.45) is 22.4 Å². The largest absolute Gasteiger partial charge is 0.496 e. The SMILES string of the molecule is CO/N=C(\C(=O)N[C@@H](Cc1cccc(C(=O)OC(C)(C)C)c1OC)B1OC2CC3CC(C3(C)C)C2(C)O1)c1csc(NC(=O)CNC(=O)OC(C)(C)C)n1. The Labute approximate surface area is 320 Å². The summed E-state index contributed by atoms with van der Waals surface area (Å²) in [6.07, 6.45) is 1.13. The summed E-state index contributed by atoms with van der Waals surface area (Å²) in [5.41, 5.74) is -1.10. The first-order chi connectivity index (χ1) is 25.1. The van der Waals surface area contributed by atoms with Gasteiger partial charge in [-0.3, -0.25) is 9.59 Å². The summed E-state index contributed by atoms with van der Waals surface area (Å²) in [4.78, 5) is 61.4. The number of ether oxygens (including phenoxy) is 3. The van der Waals surface area contributed by atoms with Crippen molar-refractivity contribution < 1.29 is 47.5 Å². The molecule has 1 aliphatic heterocycles. The molecule has 2 aromatic rings. The molecule has 0 spiro atoms. The van der Waals surface area contributed by atoms with Crippen molar-refractivity contribution in [2.75, 3.05) is 26.1 Å². The van der Waals surface area contributed by atoms with Crippen LogP contribution in [0.5, 0.6) is 5.75 Å². The predicted molar refractivity (Wildman–Crippen MR) is 202 cm³/mol. The molecular weight excluding hydrogens is 717 g/mol. The van der Waals surface area contributed by atoms with Crippen molar-refractivity contribution in [1.82, 2.24) is 15.6 Å². The molecule has 2 heterocycles. The first-order valence-corrected chi connectivity index (χ1v) is 18.9. The predicted octanol–water partition coefficient (Wildman–Crippen LogP) is 4.92. The minimum Gasteiger partial charge on any atom is -0.496 e. The van der Waals surface area contributed by atoms with E-state index in [1.54, 1.807) is 59.1 Å². The molecule has 1 saturated heterocycles. The maximum atomic E-state index is 14.1. The average Bonchev–Trinajstić information content (AvgIpc) is 3.67. The van der Waals surface area contributed by atoms with Crippen LogP contribution in [0.1, 0.15) is 96.8 Å². The third kappa shape index (κ3) is 9.00. The highest BCUT2D eigenvalue weighted by Crippen LogP contribution is 2.65. The lowest BCUT2D eigenvalue weighted by Gasteiger charge is -2.64. The zero-order valence-corrected chi connectivity index (χ0v) is 33.7. The van der Waals surface area contributed by atoms with Crippen LogP contribution in [-0.4, -0.2) is 91.3 Å². The molecule has 294 valence electrons. The van der Waals surface area contributed by atoms with Crippen LogP contribution in [0.4, 0.5) is 9.93 Å². The Bertz CT molecular complexity index is 1790. The van der Waals surface area contributed by atoms with E-state index >= 15 is 0 Å². The number of rotatable bonds is 12. The van der Waals surface area contributed by atoms with Crippen LogP contribution in [0.3, 0.4) is 0 Å². The van der Waals surface area contributed by atoms with E-state index in [-0.39, 0.29) is 52.5 Å². The van der Waals surface area contributed by atoms with Gasteiger partial charge in [-0.2, -0.15) is 0 Å². The number of carbonyl (C=O) groups excluding carboxylic acids is 4. The standard InChI is InChI=1S/C37H52BN5O10S/c1-34(2,3)50-31(46)22-14-12-13-20(29(22)48-10)15-26(38-52-25-17-21-16-24(36(21,7)8)37(25,9)53-38)41-30(45)28(43-49-11)23-19-54-32(40-23)42-27(44)18-39-33(47)51-35(4,5)6/h12-14,19,21,24-26H,15-18H2,1-11H3,(H,39,47)(H,41,45)(H,40,42,44)/b43-28-/t21?,24?,25?,26-,37?/m0/s1. The van der Waals surface area contributed by atoms with Gasteiger partial charge in [-0.1, -0.05) is 31.1 Å². The highest BCUT2D eigenvalue weighted by molar-refractivity contribution is 7.14. The van der Waals surface area contributed by atoms with Crippen LogP contribution in [-0.2, 0) is 39.6 Å². The van der Waals surface area contributed by atoms with Crippen LogP contribution in [0.15, 0.2) is 28.7 Å². The van der Waals surface area contributed by atoms with E-state index in [0.29, 0.717) is 17.2 Å². The first-order valence-electron chi connectivity index (χ1n) is 18.0. The molecule has 54 heavy (non-hydrogen) atoms. The van der Waals surface area contributed by atoms with Gasteiger partial charge in [0.2, 0.25) is 5.91 Å². The van der Waals surface area contributed by atoms with E-state index in [1.165, 1.54) is 14.2 Å². The second kappa shape index (κ2) is 15.5. The Hall–Kier alpha value is -4.22. The van der Waals surface area contributed by atoms with Gasteiger partial charge in [0.05, 0.1) is 24.8 Å². The number of nitrogens with one attached hydrogen (secondary N) is 3. The lowest BCUT2D eigenvalue weighted by molar-refractivity contribution is -0.199. The zero-order valence-electron chi connectivity index (χ0n) is 32.9. The number of para-hydroxylation sites is 1. The fraction of sp³-hybridized carbons (Fsp3) is 0.622. The van der Waals surface area contributed by atoms with Crippen LogP contribution < -0.4 is 20.7 Å². The Morgan fingerprint density at radius 3 is 2.39 bits per heavy atom. The summed E-state index contributed by atoms with van der Waals surface area (Å²) < 4.78 is 30.0. The minimum atomic E-state index is -0.861. The van der Waals surface area contributed by atoms with Gasteiger partial charge in [-0.25, -0.2) is 14.6 Å². The van der Waals surface area contributed by atoms with Crippen molar-refractivity contribution in [2.45, 2.75) is 110 Å². The molecule has 3 aliphatic carbocycles. The van der Waals surface area contributed by atoms with E-state index in [2.05, 4.69) is 46.9 Å². The van der Waals surface area contributed by atoms with Gasteiger partial charge >= 0.3 is 19.2 Å². The first kappa shape index (κ1) is 41.0. The number of hydrogen-bond acceptors (Lipinski definition) is 13. The van der Waals surface area contributed by atoms with E-state index in [1.807, 2.05) is 6.07 Å². The van der Waals surface area contributed by atoms with Crippen molar-refractivity contribution >= 4 is 53.2 Å². The number of anilines is 1. The third-order valence-corrected chi connectivity index (χ3v) is 10.9. The lowest BCUT2D eigenvalue weighted by atomic mass is 9.43. The van der Waals surface area contributed by atoms with E-state index in [4.69, 9.17) is 28.4 Å². The molecule has 1 aromatic heterocycles. The molecule has 3 N–H and O–H groups in total. The molecule has 3 saturated carbocycles. The van der Waals surface area contributed by atoms with Gasteiger partial charge in [0.1, 0.15) is 41.9 Å². The molecule has 4 fully saturated rings. The van der Waals surface area contributed by atoms with E-state index < -0.39 is 53.7 Å². The number of aromatic nitrogens is 1. The molecule has 1 aromatic carbocycles. The Morgan fingerprint density at radius 1 is 1.06 bits per heavy atom. The maximum Gasteiger partial charge on any atom is 0.482 e. The fourth-order valence-electron chi connectivity index (χ4n) is 7.61. The van der Waals surface area contributed by atoms with E-state index in [9.17, 15) is 19.2 Å². The number of carbonyl (C=O) groups is 4. The number of oxime groups is 1. The Kier molecular flexibility index (Phi) is 11.8. The summed E-state index contributed by atoms with van der Waals surface area (Å²) in [5, 5.41) is 13.7. The molecule has 2 bridgehead atoms. The minimum absolute atomic E-state index is 0.0923. The average molecular weight is 770 g/mol. The fourth-order valence-corrected chi connectivity index (χ4v) is 8.32. The number of alkyl carbamates (subject to hydrolysis) is 1. The van der Waals surface area contributed by atoms with Gasteiger partial charge in [0.15, 0.2) is 10.8 Å². The second-order valence-electron chi connectivity index (χ2n) is 16.7. The molecule has 15 nitrogen and oxygen atoms in total. The van der Waals surface area contributed by atoms with Crippen molar-refractivity contribution in [3.05, 3.63) is 40.4 Å². The van der Waals surface area contributed by atoms with Gasteiger partial charge in [-0.05, 0) is 96.6 Å². The molecule has 17 heteroatoms. The normalized spacial score (nSPS) is 23.6. The number of methoxy groups -OCH3 is 1. The summed E-state index contributed by atoms with van der Waals surface area (Å²) >= 11 is 1.06. The summed E-state index contributed by atoms with van der Waals surface area (Å²) in [6, 6.07) is 5.18. The summed E-state index contributed by atoms with van der Waals surface area (Å²) in [7, 11) is 1.92. The summed E-state index contributed by atoms with van der Waals surface area (Å²) in [6.45, 7) is 16.8. The highest BCUT2D eigenvalue weighted by Gasteiger charge is 2.68. The molecular formula is C37H52BN5O10S. The Balaban J connectivity index is 1.38. The van der Waals surface area contributed by atoms with Crippen LogP contribution >= 0.6 is 11.3 Å². The topological polar surface area (TPSA) is 185 Å². The lowest BCUT2D eigenvalue weighted by Crippen LogP contribution is -2.65. The van der Waals surface area contributed by atoms with E-state index in [0.717, 1.165) is 24.2 Å². The van der Waals surface area contributed by atoms with Gasteiger partial charge in [0, 0.05) is 5.38 Å². The highest BCUT2D eigenvalue weighted by atomic mass is 32.1. The number of amides is 3. The van der Waals surface area contributed by atoms with Gasteiger partial charge in [0.25, 0.3) is 5.91 Å². The van der Waals surface area contributed by atoms with Crippen LogP contribution in [0.2, 0.25) is 0 Å². The number of esters is 1. The number of nitrogens with zero attached hydrogens (tertiary/aromatic N) is 2. The van der Waals surface area contributed by atoms with Crippen LogP contribution in [0.25, 0.3) is 0 Å². The molecule has 5 atom stereocenters. The number of thiazole rings is 1. The number of benzene rings is 1. The van der Waals surface area contributed by atoms with Crippen molar-refractivity contribution in [3.8, 4) is 5.75 Å². The van der Waals surface area contributed by atoms with Gasteiger partial charge < -0.3 is 44.3 Å². The molecule has 4 aliphatic rings. The number of hydrogen-bond donors (Lipinski definition) is 3. The van der Waals surface area contributed by atoms with Crippen LogP contribution in [0, 0.1) is 17.3 Å². The van der Waals surface area contributed by atoms with Crippen molar-refractivity contribution in [3.63, 3.8) is 0 Å². The summed E-state index contributed by atoms with van der Waals surface area (Å²) in [5.74, 6) is -1.44. The Morgan fingerprint density at radius 2 is 1.76 bits per heavy atom. The van der Waals surface area contributed by atoms with Gasteiger partial charge in [-0.15, -0.1) is 11.3 Å². The maximum absolute atomic E-state index is 14.1. The molecule has 4 unspecified atom stereocenters. The third-order valence-electron chi connectivity index (χ3n) is 10.2. The second-order valence-corrected chi connectivity index (χ2v) is 17.5. The molecule has 6 rings (SSSR count). The monoisotopic (exact) mass is 769 g/mol. The zero-order chi connectivity index (χ0) is 39.8. The molecule has 0 radical (unpaired) electrons. The smallest absolute Gasteiger partial charge is 0.482 e. The quantitative estimate of drug-likeness (QED) is 0.115. The molecule has 3 amide bonds. The van der Waals surface area contributed by atoms with Crippen molar-refractivity contribution in [1.29, 1.82) is 0 Å².